The molecular formula is C14H20N2. The van der Waals surface area contributed by atoms with Gasteiger partial charge in [-0.1, -0.05) is 27.7 Å². The molecule has 1 unspecified atom stereocenters. The van der Waals surface area contributed by atoms with Crippen molar-refractivity contribution < 1.29 is 0 Å². The molecule has 2 heteroatoms. The Labute approximate surface area is 97.1 Å². The van der Waals surface area contributed by atoms with Crippen LogP contribution in [0.2, 0.25) is 0 Å². The van der Waals surface area contributed by atoms with Gasteiger partial charge in [0.1, 0.15) is 5.65 Å². The van der Waals surface area contributed by atoms with E-state index in [0.29, 0.717) is 11.8 Å². The molecule has 0 aliphatic heterocycles. The summed E-state index contributed by atoms with van der Waals surface area (Å²) >= 11 is 0. The van der Waals surface area contributed by atoms with Gasteiger partial charge in [0.25, 0.3) is 0 Å². The number of hydrogen-bond donors (Lipinski definition) is 1. The Morgan fingerprint density at radius 2 is 2.00 bits per heavy atom. The molecule has 0 amide bonds. The zero-order valence-corrected chi connectivity index (χ0v) is 10.5. The van der Waals surface area contributed by atoms with Gasteiger partial charge < -0.3 is 4.98 Å². The van der Waals surface area contributed by atoms with Gasteiger partial charge in [-0.2, -0.15) is 0 Å². The minimum absolute atomic E-state index is 0.486. The minimum Gasteiger partial charge on any atom is -0.343 e. The van der Waals surface area contributed by atoms with Crippen molar-refractivity contribution in [1.82, 2.24) is 9.97 Å². The second-order valence-corrected chi connectivity index (χ2v) is 4.86. The molecule has 2 aromatic heterocycles. The Bertz CT molecular complexity index is 482. The maximum Gasteiger partial charge on any atom is 0.137 e. The van der Waals surface area contributed by atoms with Crippen molar-refractivity contribution in [2.45, 2.75) is 46.0 Å². The normalized spacial score (nSPS) is 13.6. The van der Waals surface area contributed by atoms with Gasteiger partial charge in [0.2, 0.25) is 0 Å². The van der Waals surface area contributed by atoms with Gasteiger partial charge >= 0.3 is 0 Å². The van der Waals surface area contributed by atoms with Crippen molar-refractivity contribution in [3.05, 3.63) is 29.6 Å². The predicted molar refractivity (Wildman–Crippen MR) is 68.9 cm³/mol. The van der Waals surface area contributed by atoms with Crippen LogP contribution < -0.4 is 0 Å². The summed E-state index contributed by atoms with van der Waals surface area (Å²) in [6.07, 6.45) is 1.16. The van der Waals surface area contributed by atoms with E-state index in [2.05, 4.69) is 55.9 Å². The maximum atomic E-state index is 4.66. The topological polar surface area (TPSA) is 28.7 Å². The molecule has 0 radical (unpaired) electrons. The molecule has 0 aliphatic rings. The summed E-state index contributed by atoms with van der Waals surface area (Å²) in [6.45, 7) is 8.80. The molecule has 0 fully saturated rings. The van der Waals surface area contributed by atoms with E-state index in [1.54, 1.807) is 0 Å². The minimum atomic E-state index is 0.486. The van der Waals surface area contributed by atoms with Crippen LogP contribution in [0.1, 0.15) is 57.3 Å². The summed E-state index contributed by atoms with van der Waals surface area (Å²) in [5.41, 5.74) is 3.48. The fourth-order valence-electron chi connectivity index (χ4n) is 1.85. The molecule has 0 spiro atoms. The lowest BCUT2D eigenvalue weighted by Gasteiger charge is -2.04. The standard InChI is InChI=1S/C14H20N2/c1-5-10(4)13-8-11-6-7-12(9(2)3)15-14(11)16-13/h6-10H,5H2,1-4H3,(H,15,16). The third-order valence-corrected chi connectivity index (χ3v) is 3.26. The third kappa shape index (κ3) is 1.97. The van der Waals surface area contributed by atoms with Crippen molar-refractivity contribution in [3.8, 4) is 0 Å². The van der Waals surface area contributed by atoms with Crippen molar-refractivity contribution in [1.29, 1.82) is 0 Å². The highest BCUT2D eigenvalue weighted by atomic mass is 14.9. The van der Waals surface area contributed by atoms with Gasteiger partial charge in [-0.05, 0) is 36.5 Å². The van der Waals surface area contributed by atoms with Gasteiger partial charge in [-0.15, -0.1) is 0 Å². The Morgan fingerprint density at radius 1 is 1.25 bits per heavy atom. The van der Waals surface area contributed by atoms with Crippen LogP contribution in [-0.2, 0) is 0 Å². The Balaban J connectivity index is 2.46. The second-order valence-electron chi connectivity index (χ2n) is 4.86. The SMILES string of the molecule is CCC(C)c1cc2ccc(C(C)C)nc2[nH]1. The van der Waals surface area contributed by atoms with Crippen LogP contribution in [0, 0.1) is 0 Å². The molecule has 0 saturated carbocycles. The average molecular weight is 216 g/mol. The van der Waals surface area contributed by atoms with Gasteiger partial charge in [0.05, 0.1) is 0 Å². The van der Waals surface area contributed by atoms with Gasteiger partial charge in [-0.25, -0.2) is 4.98 Å². The summed E-state index contributed by atoms with van der Waals surface area (Å²) in [7, 11) is 0. The zero-order valence-electron chi connectivity index (χ0n) is 10.5. The number of rotatable bonds is 3. The molecule has 86 valence electrons. The largest absolute Gasteiger partial charge is 0.343 e. The maximum absolute atomic E-state index is 4.66. The Kier molecular flexibility index (Phi) is 2.99. The first kappa shape index (κ1) is 11.2. The number of aromatic nitrogens is 2. The van der Waals surface area contributed by atoms with E-state index in [9.17, 15) is 0 Å². The molecule has 2 aromatic rings. The fourth-order valence-corrected chi connectivity index (χ4v) is 1.85. The predicted octanol–water partition coefficient (Wildman–Crippen LogP) is 4.20. The van der Waals surface area contributed by atoms with Gasteiger partial charge in [0, 0.05) is 16.8 Å². The smallest absolute Gasteiger partial charge is 0.137 e. The van der Waals surface area contributed by atoms with E-state index < -0.39 is 0 Å². The van der Waals surface area contributed by atoms with Crippen molar-refractivity contribution in [2.24, 2.45) is 0 Å². The molecule has 0 saturated heterocycles. The molecule has 1 atom stereocenters. The highest BCUT2D eigenvalue weighted by molar-refractivity contribution is 5.76. The van der Waals surface area contributed by atoms with Crippen molar-refractivity contribution >= 4 is 11.0 Å². The summed E-state index contributed by atoms with van der Waals surface area (Å²) in [5, 5.41) is 1.22. The van der Waals surface area contributed by atoms with Crippen LogP contribution in [0.15, 0.2) is 18.2 Å². The summed E-state index contributed by atoms with van der Waals surface area (Å²) < 4.78 is 0. The molecule has 2 nitrogen and oxygen atoms in total. The third-order valence-electron chi connectivity index (χ3n) is 3.26. The van der Waals surface area contributed by atoms with Crippen molar-refractivity contribution in [3.63, 3.8) is 0 Å². The molecule has 0 aliphatic carbocycles. The highest BCUT2D eigenvalue weighted by Crippen LogP contribution is 2.23. The summed E-state index contributed by atoms with van der Waals surface area (Å²) in [4.78, 5) is 8.09. The quantitative estimate of drug-likeness (QED) is 0.818. The summed E-state index contributed by atoms with van der Waals surface area (Å²) in [6, 6.07) is 6.52. The highest BCUT2D eigenvalue weighted by Gasteiger charge is 2.09. The van der Waals surface area contributed by atoms with Crippen molar-refractivity contribution in [2.75, 3.05) is 0 Å². The lowest BCUT2D eigenvalue weighted by Crippen LogP contribution is -1.93. The van der Waals surface area contributed by atoms with Gasteiger partial charge in [-0.3, -0.25) is 0 Å². The molecule has 16 heavy (non-hydrogen) atoms. The monoisotopic (exact) mass is 216 g/mol. The second kappa shape index (κ2) is 4.28. The summed E-state index contributed by atoms with van der Waals surface area (Å²) in [5.74, 6) is 1.07. The average Bonchev–Trinajstić information content (AvgIpc) is 2.70. The van der Waals surface area contributed by atoms with Crippen LogP contribution in [0.5, 0.6) is 0 Å². The zero-order chi connectivity index (χ0) is 11.7. The molecular weight excluding hydrogens is 196 g/mol. The molecule has 0 aromatic carbocycles. The lowest BCUT2D eigenvalue weighted by molar-refractivity contribution is 0.714. The Morgan fingerprint density at radius 3 is 2.62 bits per heavy atom. The number of H-pyrrole nitrogens is 1. The first-order valence-electron chi connectivity index (χ1n) is 6.11. The van der Waals surface area contributed by atoms with E-state index in [1.807, 2.05) is 0 Å². The Hall–Kier alpha value is -1.31. The number of nitrogens with one attached hydrogen (secondary N) is 1. The first-order chi connectivity index (χ1) is 7.61. The molecule has 2 rings (SSSR count). The molecule has 1 N–H and O–H groups in total. The van der Waals surface area contributed by atoms with E-state index in [1.165, 1.54) is 11.1 Å². The van der Waals surface area contributed by atoms with Crippen LogP contribution >= 0.6 is 0 Å². The van der Waals surface area contributed by atoms with E-state index in [4.69, 9.17) is 0 Å². The number of pyridine rings is 1. The number of aromatic amines is 1. The molecule has 2 heterocycles. The fraction of sp³-hybridized carbons (Fsp3) is 0.500. The van der Waals surface area contributed by atoms with E-state index in [0.717, 1.165) is 17.8 Å². The van der Waals surface area contributed by atoms with E-state index >= 15 is 0 Å². The van der Waals surface area contributed by atoms with Crippen LogP contribution in [0.4, 0.5) is 0 Å². The number of nitrogens with zero attached hydrogens (tertiary/aromatic N) is 1. The number of fused-ring (bicyclic) bond motifs is 1. The lowest BCUT2D eigenvalue weighted by atomic mass is 10.1. The van der Waals surface area contributed by atoms with E-state index in [-0.39, 0.29) is 0 Å². The van der Waals surface area contributed by atoms with Gasteiger partial charge in [0.15, 0.2) is 0 Å². The first-order valence-corrected chi connectivity index (χ1v) is 6.11. The van der Waals surface area contributed by atoms with Crippen LogP contribution in [0.25, 0.3) is 11.0 Å². The molecule has 0 bridgehead atoms. The van der Waals surface area contributed by atoms with Crippen LogP contribution in [0.3, 0.4) is 0 Å². The van der Waals surface area contributed by atoms with Crippen LogP contribution in [-0.4, -0.2) is 9.97 Å². The number of hydrogen-bond acceptors (Lipinski definition) is 1.